The number of fused-ring (bicyclic) bond motifs is 1. The molecule has 1 aliphatic rings. The number of esters is 1. The van der Waals surface area contributed by atoms with Crippen molar-refractivity contribution in [3.8, 4) is 0 Å². The molecule has 1 heterocycles. The Labute approximate surface area is 126 Å². The van der Waals surface area contributed by atoms with Crippen LogP contribution < -0.4 is 0 Å². The molecule has 0 aliphatic heterocycles. The number of aromatic nitrogens is 2. The number of ether oxygens (including phenoxy) is 1. The average molecular weight is 337 g/mol. The molecule has 0 N–H and O–H groups in total. The molecule has 1 saturated carbocycles. The smallest absolute Gasteiger partial charge is 0.308 e. The fraction of sp³-hybridized carbons (Fsp3) is 0.467. The molecule has 0 bridgehead atoms. The monoisotopic (exact) mass is 336 g/mol. The molecule has 1 fully saturated rings. The first kappa shape index (κ1) is 13.6. The summed E-state index contributed by atoms with van der Waals surface area (Å²) in [6, 6.07) is 6.53. The normalized spacial score (nSPS) is 22.9. The van der Waals surface area contributed by atoms with Gasteiger partial charge in [-0.05, 0) is 37.8 Å². The summed E-state index contributed by atoms with van der Waals surface area (Å²) in [6.07, 6.45) is 5.84. The summed E-state index contributed by atoms with van der Waals surface area (Å²) in [5.74, 6) is -0.00613. The third-order valence-electron chi connectivity index (χ3n) is 4.09. The zero-order chi connectivity index (χ0) is 14.1. The van der Waals surface area contributed by atoms with Crippen LogP contribution in [-0.4, -0.2) is 22.9 Å². The Kier molecular flexibility index (Phi) is 3.78. The first-order chi connectivity index (χ1) is 9.67. The molecule has 20 heavy (non-hydrogen) atoms. The molecule has 1 aromatic carbocycles. The molecule has 5 heteroatoms. The van der Waals surface area contributed by atoms with Gasteiger partial charge in [0.2, 0.25) is 0 Å². The lowest BCUT2D eigenvalue weighted by molar-refractivity contribution is -0.146. The summed E-state index contributed by atoms with van der Waals surface area (Å²) < 4.78 is 7.93. The van der Waals surface area contributed by atoms with Crippen molar-refractivity contribution in [2.24, 2.45) is 5.92 Å². The molecule has 1 aliphatic carbocycles. The molecule has 3 rings (SSSR count). The van der Waals surface area contributed by atoms with E-state index in [0.717, 1.165) is 41.1 Å². The van der Waals surface area contributed by atoms with Gasteiger partial charge in [-0.25, -0.2) is 0 Å². The third-order valence-corrected chi connectivity index (χ3v) is 4.59. The highest BCUT2D eigenvalue weighted by Crippen LogP contribution is 2.33. The molecule has 0 radical (unpaired) electrons. The van der Waals surface area contributed by atoms with Crippen LogP contribution in [0.25, 0.3) is 10.9 Å². The fourth-order valence-corrected chi connectivity index (χ4v) is 3.29. The summed E-state index contributed by atoms with van der Waals surface area (Å²) in [6.45, 7) is 0. The van der Waals surface area contributed by atoms with E-state index >= 15 is 0 Å². The predicted molar refractivity (Wildman–Crippen MR) is 80.4 cm³/mol. The van der Waals surface area contributed by atoms with E-state index in [1.54, 1.807) is 0 Å². The van der Waals surface area contributed by atoms with Crippen LogP contribution >= 0.6 is 15.9 Å². The number of carbonyl (C=O) groups excluding carboxylic acids is 1. The maximum absolute atomic E-state index is 11.5. The maximum atomic E-state index is 11.5. The quantitative estimate of drug-likeness (QED) is 0.785. The van der Waals surface area contributed by atoms with Gasteiger partial charge in [0.1, 0.15) is 0 Å². The van der Waals surface area contributed by atoms with Crippen LogP contribution in [0.2, 0.25) is 0 Å². The van der Waals surface area contributed by atoms with E-state index < -0.39 is 0 Å². The van der Waals surface area contributed by atoms with Crippen molar-refractivity contribution >= 4 is 32.8 Å². The molecule has 0 atom stereocenters. The number of carbonyl (C=O) groups is 1. The van der Waals surface area contributed by atoms with Crippen molar-refractivity contribution in [2.45, 2.75) is 31.7 Å². The van der Waals surface area contributed by atoms with Crippen LogP contribution in [0.15, 0.2) is 28.9 Å². The first-order valence-corrected chi connectivity index (χ1v) is 7.69. The van der Waals surface area contributed by atoms with Gasteiger partial charge in [-0.3, -0.25) is 9.48 Å². The molecular formula is C15H17BrN2O2. The Morgan fingerprint density at radius 3 is 2.80 bits per heavy atom. The Bertz CT molecular complexity index is 630. The fourth-order valence-electron chi connectivity index (χ4n) is 2.94. The minimum absolute atomic E-state index is 0.0652. The van der Waals surface area contributed by atoms with E-state index in [-0.39, 0.29) is 11.9 Å². The van der Waals surface area contributed by atoms with Crippen LogP contribution in [0, 0.1) is 5.92 Å². The average Bonchev–Trinajstić information content (AvgIpc) is 2.89. The van der Waals surface area contributed by atoms with Gasteiger partial charge in [0.25, 0.3) is 0 Å². The molecule has 0 saturated heterocycles. The van der Waals surface area contributed by atoms with Gasteiger partial charge in [0, 0.05) is 16.1 Å². The van der Waals surface area contributed by atoms with E-state index in [4.69, 9.17) is 4.74 Å². The van der Waals surface area contributed by atoms with Crippen molar-refractivity contribution in [2.75, 3.05) is 7.11 Å². The highest BCUT2D eigenvalue weighted by atomic mass is 79.9. The standard InChI is InChI=1S/C15H17BrN2O2/c1-20-15(19)10-3-6-13(7-4-10)18-9-11-2-5-12(16)8-14(11)17-18/h2,5,8-10,13H,3-4,6-7H2,1H3. The van der Waals surface area contributed by atoms with E-state index in [9.17, 15) is 4.79 Å². The zero-order valence-electron chi connectivity index (χ0n) is 11.4. The number of halogens is 1. The second-order valence-corrected chi connectivity index (χ2v) is 6.26. The van der Waals surface area contributed by atoms with Crippen molar-refractivity contribution in [3.05, 3.63) is 28.9 Å². The summed E-state index contributed by atoms with van der Waals surface area (Å²) in [4.78, 5) is 11.5. The molecule has 1 aromatic heterocycles. The van der Waals surface area contributed by atoms with Gasteiger partial charge in [-0.2, -0.15) is 5.10 Å². The summed E-state index contributed by atoms with van der Waals surface area (Å²) in [5.41, 5.74) is 1.01. The van der Waals surface area contributed by atoms with Gasteiger partial charge < -0.3 is 4.74 Å². The van der Waals surface area contributed by atoms with Gasteiger partial charge in [-0.15, -0.1) is 0 Å². The second-order valence-electron chi connectivity index (χ2n) is 5.34. The molecule has 0 unspecified atom stereocenters. The van der Waals surface area contributed by atoms with Crippen molar-refractivity contribution in [1.29, 1.82) is 0 Å². The van der Waals surface area contributed by atoms with Crippen LogP contribution in [0.3, 0.4) is 0 Å². The first-order valence-electron chi connectivity index (χ1n) is 6.89. The van der Waals surface area contributed by atoms with Crippen LogP contribution in [0.1, 0.15) is 31.7 Å². The Morgan fingerprint density at radius 1 is 1.35 bits per heavy atom. The van der Waals surface area contributed by atoms with E-state index in [2.05, 4.69) is 38.0 Å². The Balaban J connectivity index is 1.75. The van der Waals surface area contributed by atoms with Gasteiger partial charge in [0.15, 0.2) is 0 Å². The topological polar surface area (TPSA) is 44.1 Å². The molecule has 106 valence electrons. The van der Waals surface area contributed by atoms with E-state index in [0.29, 0.717) is 6.04 Å². The predicted octanol–water partition coefficient (Wildman–Crippen LogP) is 3.70. The lowest BCUT2D eigenvalue weighted by atomic mass is 9.86. The van der Waals surface area contributed by atoms with Crippen molar-refractivity contribution in [3.63, 3.8) is 0 Å². The largest absolute Gasteiger partial charge is 0.469 e. The summed E-state index contributed by atoms with van der Waals surface area (Å²) >= 11 is 3.47. The number of hydrogen-bond acceptors (Lipinski definition) is 3. The maximum Gasteiger partial charge on any atom is 0.308 e. The Hall–Kier alpha value is -1.36. The van der Waals surface area contributed by atoms with Crippen molar-refractivity contribution in [1.82, 2.24) is 9.78 Å². The molecule has 0 amide bonds. The van der Waals surface area contributed by atoms with Gasteiger partial charge in [0.05, 0.1) is 24.6 Å². The second kappa shape index (κ2) is 5.56. The summed E-state index contributed by atoms with van der Waals surface area (Å²) in [7, 11) is 1.46. The van der Waals surface area contributed by atoms with Gasteiger partial charge in [-0.1, -0.05) is 22.0 Å². The lowest BCUT2D eigenvalue weighted by Gasteiger charge is -2.26. The third kappa shape index (κ3) is 2.59. The van der Waals surface area contributed by atoms with E-state index in [1.807, 2.05) is 12.1 Å². The number of hydrogen-bond donors (Lipinski definition) is 0. The number of rotatable bonds is 2. The summed E-state index contributed by atoms with van der Waals surface area (Å²) in [5, 5.41) is 5.81. The Morgan fingerprint density at radius 2 is 2.10 bits per heavy atom. The number of methoxy groups -OCH3 is 1. The minimum Gasteiger partial charge on any atom is -0.469 e. The molecule has 2 aromatic rings. The molecular weight excluding hydrogens is 320 g/mol. The number of nitrogens with zero attached hydrogens (tertiary/aromatic N) is 2. The number of benzene rings is 1. The highest BCUT2D eigenvalue weighted by Gasteiger charge is 2.28. The zero-order valence-corrected chi connectivity index (χ0v) is 13.0. The van der Waals surface area contributed by atoms with Crippen LogP contribution in [0.5, 0.6) is 0 Å². The van der Waals surface area contributed by atoms with Gasteiger partial charge >= 0.3 is 5.97 Å². The highest BCUT2D eigenvalue weighted by molar-refractivity contribution is 9.10. The van der Waals surface area contributed by atoms with E-state index in [1.165, 1.54) is 7.11 Å². The molecule has 4 nitrogen and oxygen atoms in total. The minimum atomic E-state index is -0.0713. The van der Waals surface area contributed by atoms with Crippen molar-refractivity contribution < 1.29 is 9.53 Å². The SMILES string of the molecule is COC(=O)C1CCC(n2cc3ccc(Br)cc3n2)CC1. The lowest BCUT2D eigenvalue weighted by Crippen LogP contribution is -2.24. The van der Waals surface area contributed by atoms with Crippen LogP contribution in [0.4, 0.5) is 0 Å². The molecule has 0 spiro atoms. The van der Waals surface area contributed by atoms with Crippen LogP contribution in [-0.2, 0) is 9.53 Å².